The molecule has 0 aliphatic heterocycles. The van der Waals surface area contributed by atoms with E-state index in [4.69, 9.17) is 0 Å². The summed E-state index contributed by atoms with van der Waals surface area (Å²) < 4.78 is 56.7. The second kappa shape index (κ2) is 20.1. The summed E-state index contributed by atoms with van der Waals surface area (Å²) >= 11 is 0. The Bertz CT molecular complexity index is 1110. The first-order valence-electron chi connectivity index (χ1n) is 18.1. The van der Waals surface area contributed by atoms with Crippen LogP contribution in [0.2, 0.25) is 0 Å². The minimum Gasteiger partial charge on any atom is -0.390 e. The summed E-state index contributed by atoms with van der Waals surface area (Å²) in [7, 11) is -0.931. The molecule has 3 amide bonds. The predicted molar refractivity (Wildman–Crippen MR) is 184 cm³/mol. The summed E-state index contributed by atoms with van der Waals surface area (Å²) in [5, 5.41) is 15.2. The first-order valence-corrected chi connectivity index (χ1v) is 19.6. The Kier molecular flexibility index (Phi) is 17.7. The highest BCUT2D eigenvalue weighted by atomic mass is 32.2. The lowest BCUT2D eigenvalue weighted by molar-refractivity contribution is -0.139. The van der Waals surface area contributed by atoms with Crippen LogP contribution in [0.4, 0.5) is 8.78 Å². The smallest absolute Gasteiger partial charge is 0.236 e. The number of hydrogen-bond donors (Lipinski definition) is 3. The molecule has 0 radical (unpaired) electrons. The van der Waals surface area contributed by atoms with Gasteiger partial charge < -0.3 is 15.3 Å². The summed E-state index contributed by atoms with van der Waals surface area (Å²) in [6, 6.07) is -0.920. The van der Waals surface area contributed by atoms with E-state index in [1.165, 1.54) is 14.1 Å². The summed E-state index contributed by atoms with van der Waals surface area (Å²) in [6.07, 6.45) is -0.344. The largest absolute Gasteiger partial charge is 0.390 e. The van der Waals surface area contributed by atoms with Gasteiger partial charge in [-0.25, -0.2) is 26.5 Å². The van der Waals surface area contributed by atoms with Crippen LogP contribution in [-0.4, -0.2) is 115 Å². The number of nitrogens with zero attached hydrogens (tertiary/aromatic N) is 3. The van der Waals surface area contributed by atoms with Gasteiger partial charge in [0.25, 0.3) is 0 Å². The molecule has 3 N–H and O–H groups in total. The van der Waals surface area contributed by atoms with Gasteiger partial charge in [-0.15, -0.1) is 0 Å². The molecule has 2 aliphatic carbocycles. The minimum atomic E-state index is -3.80. The SMILES string of the molecule is CCCCN(CC(O)C(CC1CC(F)CC(F)C1)NC(=O)C1CC(C(=O)N(CCC)CCC)CC(S(=O)(=O)N(C)C)C1)NC(=O)C(C)C. The topological polar surface area (TPSA) is 139 Å². The molecular formula is C34H63F2N5O6S. The molecule has 0 spiro atoms. The molecule has 0 aromatic carbocycles. The zero-order valence-corrected chi connectivity index (χ0v) is 31.1. The molecule has 280 valence electrons. The molecule has 11 nitrogen and oxygen atoms in total. The van der Waals surface area contributed by atoms with Crippen molar-refractivity contribution in [2.45, 2.75) is 135 Å². The van der Waals surface area contributed by atoms with E-state index in [-0.39, 0.29) is 69.2 Å². The van der Waals surface area contributed by atoms with Crippen LogP contribution in [0.5, 0.6) is 0 Å². The summed E-state index contributed by atoms with van der Waals surface area (Å²) in [6.45, 7) is 11.0. The maximum absolute atomic E-state index is 14.4. The van der Waals surface area contributed by atoms with Crippen molar-refractivity contribution >= 4 is 27.7 Å². The number of halogens is 2. The van der Waals surface area contributed by atoms with Crippen molar-refractivity contribution in [3.8, 4) is 0 Å². The molecule has 0 saturated heterocycles. The van der Waals surface area contributed by atoms with Gasteiger partial charge in [-0.1, -0.05) is 41.0 Å². The van der Waals surface area contributed by atoms with Gasteiger partial charge in [-0.2, -0.15) is 0 Å². The minimum absolute atomic E-state index is 0.0100. The van der Waals surface area contributed by atoms with Crippen LogP contribution in [0.3, 0.4) is 0 Å². The fourth-order valence-corrected chi connectivity index (χ4v) is 8.54. The maximum atomic E-state index is 14.4. The number of alkyl halides is 2. The van der Waals surface area contributed by atoms with Gasteiger partial charge in [0.05, 0.1) is 17.4 Å². The van der Waals surface area contributed by atoms with Crippen LogP contribution in [0.15, 0.2) is 0 Å². The average Bonchev–Trinajstić information content (AvgIpc) is 3.01. The predicted octanol–water partition coefficient (Wildman–Crippen LogP) is 3.81. The number of hydrogen-bond acceptors (Lipinski definition) is 7. The first kappa shape index (κ1) is 42.3. The Morgan fingerprint density at radius 1 is 0.854 bits per heavy atom. The van der Waals surface area contributed by atoms with E-state index in [1.807, 2.05) is 20.8 Å². The van der Waals surface area contributed by atoms with Gasteiger partial charge in [0.2, 0.25) is 27.7 Å². The zero-order valence-electron chi connectivity index (χ0n) is 30.3. The number of aliphatic hydroxyl groups is 1. The van der Waals surface area contributed by atoms with Crippen LogP contribution in [0.25, 0.3) is 0 Å². The van der Waals surface area contributed by atoms with Gasteiger partial charge in [0, 0.05) is 64.4 Å². The molecule has 7 atom stereocenters. The van der Waals surface area contributed by atoms with Crippen molar-refractivity contribution < 1.29 is 36.7 Å². The lowest BCUT2D eigenvalue weighted by Crippen LogP contribution is -2.55. The normalized spacial score (nSPS) is 26.4. The number of amides is 3. The highest BCUT2D eigenvalue weighted by Gasteiger charge is 2.44. The molecular weight excluding hydrogens is 644 g/mol. The van der Waals surface area contributed by atoms with Gasteiger partial charge >= 0.3 is 0 Å². The number of aliphatic hydroxyl groups excluding tert-OH is 1. The Morgan fingerprint density at radius 3 is 1.96 bits per heavy atom. The maximum Gasteiger partial charge on any atom is 0.236 e. The van der Waals surface area contributed by atoms with E-state index in [9.17, 15) is 36.7 Å². The molecule has 0 heterocycles. The Hall–Kier alpha value is -1.90. The molecule has 0 bridgehead atoms. The van der Waals surface area contributed by atoms with Crippen molar-refractivity contribution in [2.75, 3.05) is 40.3 Å². The fraction of sp³-hybridized carbons (Fsp3) is 0.912. The quantitative estimate of drug-likeness (QED) is 0.174. The number of carbonyl (C=O) groups is 3. The Morgan fingerprint density at radius 2 is 1.44 bits per heavy atom. The van der Waals surface area contributed by atoms with Crippen molar-refractivity contribution in [3.63, 3.8) is 0 Å². The number of hydrazine groups is 1. The van der Waals surface area contributed by atoms with Gasteiger partial charge in [-0.05, 0) is 63.7 Å². The summed E-state index contributed by atoms with van der Waals surface area (Å²) in [5.41, 5.74) is 2.84. The third-order valence-electron chi connectivity index (χ3n) is 9.66. The van der Waals surface area contributed by atoms with Crippen LogP contribution in [-0.2, 0) is 24.4 Å². The molecule has 2 rings (SSSR count). The molecule has 48 heavy (non-hydrogen) atoms. The van der Waals surface area contributed by atoms with E-state index in [0.29, 0.717) is 19.6 Å². The second-order valence-corrected chi connectivity index (χ2v) is 16.9. The third kappa shape index (κ3) is 12.8. The standard InChI is InChI=1S/C34H63F2N5O6S/c1-8-11-14-41(38-32(43)23(4)5)22-31(42)30(17-24-15-27(35)21-28(36)16-24)37-33(44)25-18-26(34(45)40(12-9-2)13-10-3)20-29(19-25)48(46,47)39(6)7/h23-31,42H,8-22H2,1-7H3,(H,37,44)(H,38,43). The first-order chi connectivity index (χ1) is 22.5. The highest BCUT2D eigenvalue weighted by Crippen LogP contribution is 2.36. The summed E-state index contributed by atoms with van der Waals surface area (Å²) in [5.74, 6) is -3.13. The summed E-state index contributed by atoms with van der Waals surface area (Å²) in [4.78, 5) is 42.1. The highest BCUT2D eigenvalue weighted by molar-refractivity contribution is 7.89. The molecule has 0 aromatic rings. The average molecular weight is 708 g/mol. The van der Waals surface area contributed by atoms with Crippen molar-refractivity contribution in [3.05, 3.63) is 0 Å². The molecule has 7 unspecified atom stereocenters. The number of carbonyl (C=O) groups excluding carboxylic acids is 3. The van der Waals surface area contributed by atoms with Gasteiger partial charge in [-0.3, -0.25) is 19.8 Å². The fourth-order valence-electron chi connectivity index (χ4n) is 6.99. The van der Waals surface area contributed by atoms with E-state index in [2.05, 4.69) is 10.7 Å². The van der Waals surface area contributed by atoms with Crippen molar-refractivity contribution in [1.29, 1.82) is 0 Å². The lowest BCUT2D eigenvalue weighted by atomic mass is 9.79. The number of rotatable bonds is 19. The Balaban J connectivity index is 2.39. The van der Waals surface area contributed by atoms with Crippen LogP contribution in [0.1, 0.15) is 105 Å². The van der Waals surface area contributed by atoms with Crippen molar-refractivity contribution in [2.24, 2.45) is 23.7 Å². The lowest BCUT2D eigenvalue weighted by Gasteiger charge is -2.38. The zero-order chi connectivity index (χ0) is 36.2. The monoisotopic (exact) mass is 707 g/mol. The Labute approximate surface area is 287 Å². The van der Waals surface area contributed by atoms with E-state index >= 15 is 0 Å². The number of nitrogens with one attached hydrogen (secondary N) is 2. The van der Waals surface area contributed by atoms with Gasteiger partial charge in [0.15, 0.2) is 0 Å². The second-order valence-electron chi connectivity index (χ2n) is 14.5. The van der Waals surface area contributed by atoms with E-state index in [1.54, 1.807) is 23.8 Å². The van der Waals surface area contributed by atoms with Crippen LogP contribution < -0.4 is 10.7 Å². The molecule has 14 heteroatoms. The third-order valence-corrected chi connectivity index (χ3v) is 11.9. The number of unbranched alkanes of at least 4 members (excludes halogenated alkanes) is 1. The van der Waals surface area contributed by atoms with E-state index in [0.717, 1.165) is 30.0 Å². The molecule has 2 aliphatic rings. The van der Waals surface area contributed by atoms with E-state index < -0.39 is 63.4 Å². The van der Waals surface area contributed by atoms with Crippen molar-refractivity contribution in [1.82, 2.24) is 25.0 Å². The molecule has 2 fully saturated rings. The molecule has 0 aromatic heterocycles. The van der Waals surface area contributed by atoms with Gasteiger partial charge in [0.1, 0.15) is 12.3 Å². The molecule has 2 saturated carbocycles. The number of sulfonamides is 1. The van der Waals surface area contributed by atoms with Crippen LogP contribution >= 0.6 is 0 Å². The van der Waals surface area contributed by atoms with Crippen LogP contribution in [0, 0.1) is 23.7 Å².